The van der Waals surface area contributed by atoms with Gasteiger partial charge in [-0.3, -0.25) is 4.68 Å². The molecule has 2 unspecified atom stereocenters. The topological polar surface area (TPSA) is 29.9 Å². The average Bonchev–Trinajstić information content (AvgIpc) is 2.78. The van der Waals surface area contributed by atoms with Crippen molar-refractivity contribution in [2.75, 3.05) is 6.54 Å². The molecule has 0 saturated heterocycles. The Morgan fingerprint density at radius 3 is 3.00 bits per heavy atom. The number of nitrogens with zero attached hydrogens (tertiary/aromatic N) is 2. The summed E-state index contributed by atoms with van der Waals surface area (Å²) in [7, 11) is 2.01. The second kappa shape index (κ2) is 4.79. The molecule has 1 aromatic heterocycles. The van der Waals surface area contributed by atoms with Gasteiger partial charge >= 0.3 is 0 Å². The predicted octanol–water partition coefficient (Wildman–Crippen LogP) is 1.74. The molecule has 15 heavy (non-hydrogen) atoms. The van der Waals surface area contributed by atoms with E-state index >= 15 is 0 Å². The lowest BCUT2D eigenvalue weighted by molar-refractivity contribution is 0.427. The van der Waals surface area contributed by atoms with Crippen LogP contribution in [0.15, 0.2) is 12.3 Å². The predicted molar refractivity (Wildman–Crippen MR) is 61.7 cm³/mol. The van der Waals surface area contributed by atoms with Crippen molar-refractivity contribution in [1.82, 2.24) is 15.1 Å². The van der Waals surface area contributed by atoms with Crippen LogP contribution in [0.25, 0.3) is 0 Å². The minimum atomic E-state index is 0.748. The van der Waals surface area contributed by atoms with E-state index in [4.69, 9.17) is 0 Å². The summed E-state index contributed by atoms with van der Waals surface area (Å²) in [5.41, 5.74) is 1.31. The number of hydrogen-bond donors (Lipinski definition) is 1. The van der Waals surface area contributed by atoms with Gasteiger partial charge in [0.1, 0.15) is 0 Å². The van der Waals surface area contributed by atoms with Gasteiger partial charge in [0.25, 0.3) is 0 Å². The molecule has 0 radical (unpaired) electrons. The van der Waals surface area contributed by atoms with Crippen LogP contribution in [0, 0.1) is 5.92 Å². The van der Waals surface area contributed by atoms with E-state index in [0.29, 0.717) is 0 Å². The fourth-order valence-electron chi connectivity index (χ4n) is 2.48. The van der Waals surface area contributed by atoms with Crippen LogP contribution in [0.5, 0.6) is 0 Å². The highest BCUT2D eigenvalue weighted by Crippen LogP contribution is 2.24. The summed E-state index contributed by atoms with van der Waals surface area (Å²) in [6.07, 6.45) is 7.09. The fourth-order valence-corrected chi connectivity index (χ4v) is 2.48. The van der Waals surface area contributed by atoms with E-state index in [9.17, 15) is 0 Å². The Balaban J connectivity index is 1.73. The molecule has 1 aromatic rings. The van der Waals surface area contributed by atoms with Gasteiger partial charge in [-0.05, 0) is 24.8 Å². The summed E-state index contributed by atoms with van der Waals surface area (Å²) in [6, 6.07) is 2.85. The maximum Gasteiger partial charge on any atom is 0.0492 e. The molecular weight excluding hydrogens is 186 g/mol. The van der Waals surface area contributed by atoms with Crippen molar-refractivity contribution in [3.05, 3.63) is 18.0 Å². The molecule has 1 aliphatic rings. The van der Waals surface area contributed by atoms with E-state index in [0.717, 1.165) is 24.9 Å². The number of rotatable bonds is 4. The fraction of sp³-hybridized carbons (Fsp3) is 0.750. The zero-order valence-corrected chi connectivity index (χ0v) is 9.74. The minimum Gasteiger partial charge on any atom is -0.313 e. The van der Waals surface area contributed by atoms with Crippen molar-refractivity contribution in [2.24, 2.45) is 13.0 Å². The van der Waals surface area contributed by atoms with Crippen LogP contribution < -0.4 is 5.32 Å². The summed E-state index contributed by atoms with van der Waals surface area (Å²) in [5.74, 6) is 0.858. The number of aryl methyl sites for hydroxylation is 1. The third-order valence-electron chi connectivity index (χ3n) is 3.57. The van der Waals surface area contributed by atoms with Crippen LogP contribution in [0.3, 0.4) is 0 Å². The van der Waals surface area contributed by atoms with E-state index < -0.39 is 0 Å². The molecule has 1 aliphatic carbocycles. The molecule has 1 saturated carbocycles. The van der Waals surface area contributed by atoms with Crippen LogP contribution in [0.2, 0.25) is 0 Å². The Kier molecular flexibility index (Phi) is 3.41. The summed E-state index contributed by atoms with van der Waals surface area (Å²) in [4.78, 5) is 0. The summed E-state index contributed by atoms with van der Waals surface area (Å²) in [5, 5.41) is 7.83. The quantitative estimate of drug-likeness (QED) is 0.815. The van der Waals surface area contributed by atoms with Crippen molar-refractivity contribution >= 4 is 0 Å². The Bertz CT molecular complexity index is 306. The SMILES string of the molecule is CC1CCCC1NCCc1ccnn1C. The molecule has 1 N–H and O–H groups in total. The highest BCUT2D eigenvalue weighted by atomic mass is 15.3. The lowest BCUT2D eigenvalue weighted by atomic mass is 10.1. The lowest BCUT2D eigenvalue weighted by Gasteiger charge is -2.17. The monoisotopic (exact) mass is 207 g/mol. The van der Waals surface area contributed by atoms with Crippen molar-refractivity contribution in [3.8, 4) is 0 Å². The molecule has 0 spiro atoms. The van der Waals surface area contributed by atoms with Gasteiger partial charge in [0, 0.05) is 37.9 Å². The number of aromatic nitrogens is 2. The molecule has 1 fully saturated rings. The molecule has 3 heteroatoms. The van der Waals surface area contributed by atoms with E-state index in [-0.39, 0.29) is 0 Å². The normalized spacial score (nSPS) is 26.0. The van der Waals surface area contributed by atoms with Gasteiger partial charge in [-0.25, -0.2) is 0 Å². The Morgan fingerprint density at radius 1 is 1.53 bits per heavy atom. The van der Waals surface area contributed by atoms with Gasteiger partial charge < -0.3 is 5.32 Å². The van der Waals surface area contributed by atoms with Gasteiger partial charge in [0.15, 0.2) is 0 Å². The zero-order valence-electron chi connectivity index (χ0n) is 9.74. The smallest absolute Gasteiger partial charge is 0.0492 e. The summed E-state index contributed by atoms with van der Waals surface area (Å²) < 4.78 is 1.96. The maximum absolute atomic E-state index is 4.17. The van der Waals surface area contributed by atoms with Crippen LogP contribution in [-0.2, 0) is 13.5 Å². The van der Waals surface area contributed by atoms with Gasteiger partial charge in [-0.15, -0.1) is 0 Å². The second-order valence-corrected chi connectivity index (χ2v) is 4.66. The first kappa shape index (κ1) is 10.7. The average molecular weight is 207 g/mol. The molecular formula is C12H21N3. The number of hydrogen-bond acceptors (Lipinski definition) is 2. The molecule has 0 aliphatic heterocycles. The van der Waals surface area contributed by atoms with E-state index in [1.165, 1.54) is 25.0 Å². The van der Waals surface area contributed by atoms with Crippen molar-refractivity contribution in [3.63, 3.8) is 0 Å². The van der Waals surface area contributed by atoms with Gasteiger partial charge in [0.05, 0.1) is 0 Å². The third-order valence-corrected chi connectivity index (χ3v) is 3.57. The lowest BCUT2D eigenvalue weighted by Crippen LogP contribution is -2.32. The first-order valence-electron chi connectivity index (χ1n) is 5.97. The largest absolute Gasteiger partial charge is 0.313 e. The minimum absolute atomic E-state index is 0.748. The van der Waals surface area contributed by atoms with Gasteiger partial charge in [-0.1, -0.05) is 13.3 Å². The van der Waals surface area contributed by atoms with Gasteiger partial charge in [-0.2, -0.15) is 5.10 Å². The van der Waals surface area contributed by atoms with Crippen molar-refractivity contribution < 1.29 is 0 Å². The molecule has 0 aromatic carbocycles. The first-order chi connectivity index (χ1) is 7.27. The van der Waals surface area contributed by atoms with E-state index in [2.05, 4.69) is 23.4 Å². The Morgan fingerprint density at radius 2 is 2.40 bits per heavy atom. The highest BCUT2D eigenvalue weighted by molar-refractivity contribution is 5.00. The van der Waals surface area contributed by atoms with Crippen molar-refractivity contribution in [1.29, 1.82) is 0 Å². The molecule has 0 amide bonds. The molecule has 0 bridgehead atoms. The molecule has 2 atom stereocenters. The third kappa shape index (κ3) is 2.59. The maximum atomic E-state index is 4.17. The molecule has 2 rings (SSSR count). The summed E-state index contributed by atoms with van der Waals surface area (Å²) in [6.45, 7) is 3.43. The molecule has 1 heterocycles. The molecule has 84 valence electrons. The van der Waals surface area contributed by atoms with E-state index in [1.54, 1.807) is 0 Å². The Labute approximate surface area is 91.9 Å². The van der Waals surface area contributed by atoms with Gasteiger partial charge in [0.2, 0.25) is 0 Å². The zero-order chi connectivity index (χ0) is 10.7. The first-order valence-corrected chi connectivity index (χ1v) is 5.97. The second-order valence-electron chi connectivity index (χ2n) is 4.66. The van der Waals surface area contributed by atoms with Crippen LogP contribution in [0.1, 0.15) is 31.9 Å². The van der Waals surface area contributed by atoms with Crippen LogP contribution in [-0.4, -0.2) is 22.4 Å². The highest BCUT2D eigenvalue weighted by Gasteiger charge is 2.22. The van der Waals surface area contributed by atoms with E-state index in [1.807, 2.05) is 17.9 Å². The summed E-state index contributed by atoms with van der Waals surface area (Å²) >= 11 is 0. The Hall–Kier alpha value is -0.830. The molecule has 3 nitrogen and oxygen atoms in total. The van der Waals surface area contributed by atoms with Crippen molar-refractivity contribution in [2.45, 2.75) is 38.6 Å². The van der Waals surface area contributed by atoms with Crippen LogP contribution >= 0.6 is 0 Å². The standard InChI is InChI=1S/C12H21N3/c1-10-4-3-5-12(10)13-8-6-11-7-9-14-15(11)2/h7,9-10,12-13H,3-6,8H2,1-2H3. The van der Waals surface area contributed by atoms with Crippen LogP contribution in [0.4, 0.5) is 0 Å². The number of nitrogens with one attached hydrogen (secondary N) is 1.